The summed E-state index contributed by atoms with van der Waals surface area (Å²) in [6.07, 6.45) is 0. The molecule has 5 nitrogen and oxygen atoms in total. The van der Waals surface area contributed by atoms with E-state index in [2.05, 4.69) is 24.0 Å². The third kappa shape index (κ3) is 4.39. The number of amides is 1. The minimum atomic E-state index is -4.65. The summed E-state index contributed by atoms with van der Waals surface area (Å²) >= 11 is 0. The van der Waals surface area contributed by atoms with E-state index in [-0.39, 0.29) is 5.91 Å². The predicted octanol–water partition coefficient (Wildman–Crippen LogP) is 2.95. The average Bonchev–Trinajstić information content (AvgIpc) is 2.70. The summed E-state index contributed by atoms with van der Waals surface area (Å²) in [4.78, 5) is 16.1. The number of sulfone groups is 1. The molecule has 3 rings (SSSR count). The Morgan fingerprint density at radius 2 is 1.61 bits per heavy atom. The van der Waals surface area contributed by atoms with Gasteiger partial charge in [0.25, 0.3) is 5.91 Å². The maximum atomic E-state index is 12.6. The third-order valence-corrected chi connectivity index (χ3v) is 6.38. The Balaban J connectivity index is 1.60. The van der Waals surface area contributed by atoms with Crippen LogP contribution in [-0.2, 0) is 16.4 Å². The van der Waals surface area contributed by atoms with Gasteiger partial charge in [-0.15, -0.1) is 0 Å². The van der Waals surface area contributed by atoms with Crippen LogP contribution in [0.15, 0.2) is 53.4 Å². The number of nitrogens with zero attached hydrogens (tertiary/aromatic N) is 2. The van der Waals surface area contributed by atoms with Gasteiger partial charge in [0.1, 0.15) is 0 Å². The van der Waals surface area contributed by atoms with Gasteiger partial charge in [-0.1, -0.05) is 24.3 Å². The highest BCUT2D eigenvalue weighted by atomic mass is 32.2. The van der Waals surface area contributed by atoms with Crippen molar-refractivity contribution in [3.8, 4) is 0 Å². The molecule has 0 unspecified atom stereocenters. The fourth-order valence-corrected chi connectivity index (χ4v) is 3.93. The number of benzene rings is 2. The second-order valence-electron chi connectivity index (χ2n) is 6.82. The topological polar surface area (TPSA) is 57.7 Å². The number of piperazine rings is 1. The summed E-state index contributed by atoms with van der Waals surface area (Å²) in [5.74, 6) is -3.70. The highest BCUT2D eigenvalue weighted by Gasteiger charge is 2.27. The van der Waals surface area contributed by atoms with Gasteiger partial charge in [0, 0.05) is 38.3 Å². The van der Waals surface area contributed by atoms with Crippen molar-refractivity contribution in [1.82, 2.24) is 9.80 Å². The van der Waals surface area contributed by atoms with Crippen LogP contribution >= 0.6 is 0 Å². The maximum absolute atomic E-state index is 12.6. The zero-order chi connectivity index (χ0) is 20.3. The second-order valence-corrected chi connectivity index (χ2v) is 8.74. The van der Waals surface area contributed by atoms with Gasteiger partial charge in [0.2, 0.25) is 9.84 Å². The summed E-state index contributed by atoms with van der Waals surface area (Å²) < 4.78 is 48.1. The lowest BCUT2D eigenvalue weighted by molar-refractivity contribution is 0.0628. The lowest BCUT2D eigenvalue weighted by Gasteiger charge is -2.35. The number of alkyl halides is 2. The van der Waals surface area contributed by atoms with Gasteiger partial charge in [0.15, 0.2) is 0 Å². The monoisotopic (exact) mass is 408 g/mol. The maximum Gasteiger partial charge on any atom is 0.341 e. The molecule has 1 saturated heterocycles. The third-order valence-electron chi connectivity index (χ3n) is 4.98. The van der Waals surface area contributed by atoms with E-state index in [9.17, 15) is 22.0 Å². The van der Waals surface area contributed by atoms with Crippen LogP contribution in [0.1, 0.15) is 21.5 Å². The number of hydrogen-bond acceptors (Lipinski definition) is 4. The zero-order valence-corrected chi connectivity index (χ0v) is 16.3. The molecule has 0 aromatic heterocycles. The molecule has 1 aliphatic rings. The Morgan fingerprint density at radius 1 is 1.00 bits per heavy atom. The van der Waals surface area contributed by atoms with E-state index >= 15 is 0 Å². The van der Waals surface area contributed by atoms with Crippen molar-refractivity contribution in [1.29, 1.82) is 0 Å². The molecule has 0 saturated carbocycles. The molecule has 0 aliphatic carbocycles. The molecular weight excluding hydrogens is 386 g/mol. The van der Waals surface area contributed by atoms with Gasteiger partial charge in [-0.3, -0.25) is 9.69 Å². The molecule has 28 heavy (non-hydrogen) atoms. The minimum absolute atomic E-state index is 0.225. The molecule has 150 valence electrons. The van der Waals surface area contributed by atoms with Crippen LogP contribution in [-0.4, -0.2) is 56.1 Å². The number of halogens is 2. The Morgan fingerprint density at radius 3 is 2.18 bits per heavy atom. The van der Waals surface area contributed by atoms with Crippen molar-refractivity contribution in [3.05, 3.63) is 65.2 Å². The van der Waals surface area contributed by atoms with E-state index < -0.39 is 20.5 Å². The van der Waals surface area contributed by atoms with Crippen LogP contribution < -0.4 is 0 Å². The number of aryl methyl sites for hydroxylation is 1. The summed E-state index contributed by atoms with van der Waals surface area (Å²) in [6.45, 7) is 5.49. The van der Waals surface area contributed by atoms with Crippen molar-refractivity contribution < 1.29 is 22.0 Å². The molecule has 8 heteroatoms. The van der Waals surface area contributed by atoms with Crippen molar-refractivity contribution in [3.63, 3.8) is 0 Å². The Hall–Kier alpha value is -2.32. The van der Waals surface area contributed by atoms with E-state index in [0.29, 0.717) is 18.7 Å². The smallest absolute Gasteiger partial charge is 0.336 e. The molecule has 0 radical (unpaired) electrons. The number of carbonyl (C=O) groups is 1. The van der Waals surface area contributed by atoms with Gasteiger partial charge in [-0.2, -0.15) is 8.78 Å². The van der Waals surface area contributed by atoms with Gasteiger partial charge < -0.3 is 4.90 Å². The van der Waals surface area contributed by atoms with Crippen LogP contribution in [0.25, 0.3) is 0 Å². The molecule has 1 fully saturated rings. The minimum Gasteiger partial charge on any atom is -0.336 e. The lowest BCUT2D eigenvalue weighted by Crippen LogP contribution is -2.48. The first-order valence-electron chi connectivity index (χ1n) is 8.97. The first kappa shape index (κ1) is 20.4. The van der Waals surface area contributed by atoms with Crippen molar-refractivity contribution in [2.24, 2.45) is 0 Å². The zero-order valence-electron chi connectivity index (χ0n) is 15.5. The summed E-state index contributed by atoms with van der Waals surface area (Å²) in [5.41, 5.74) is 2.79. The van der Waals surface area contributed by atoms with Gasteiger partial charge in [0.05, 0.1) is 4.90 Å². The van der Waals surface area contributed by atoms with Crippen LogP contribution in [0, 0.1) is 6.92 Å². The number of rotatable bonds is 5. The first-order valence-corrected chi connectivity index (χ1v) is 10.5. The molecule has 2 aromatic carbocycles. The molecule has 0 atom stereocenters. The summed E-state index contributed by atoms with van der Waals surface area (Å²) in [7, 11) is -4.65. The summed E-state index contributed by atoms with van der Waals surface area (Å²) in [5, 5.41) is 0. The standard InChI is InChI=1S/C20H22F2N2O3S/c1-15-4-2-3-5-17(15)14-23-10-12-24(13-11-23)19(25)16-6-8-18(9-7-16)28(26,27)20(21)22/h2-9,20H,10-14H2,1H3. The van der Waals surface area contributed by atoms with Crippen molar-refractivity contribution >= 4 is 15.7 Å². The highest BCUT2D eigenvalue weighted by molar-refractivity contribution is 7.91. The molecule has 2 aromatic rings. The fourth-order valence-electron chi connectivity index (χ4n) is 3.21. The normalized spacial score (nSPS) is 15.8. The van der Waals surface area contributed by atoms with E-state index in [1.54, 1.807) is 4.90 Å². The molecule has 1 aliphatic heterocycles. The van der Waals surface area contributed by atoms with Crippen molar-refractivity contribution in [2.75, 3.05) is 26.2 Å². The summed E-state index contributed by atoms with van der Waals surface area (Å²) in [6, 6.07) is 12.9. The fraction of sp³-hybridized carbons (Fsp3) is 0.350. The SMILES string of the molecule is Cc1ccccc1CN1CCN(C(=O)c2ccc(S(=O)(=O)C(F)F)cc2)CC1. The molecule has 1 amide bonds. The molecule has 1 heterocycles. The second kappa shape index (κ2) is 8.36. The lowest BCUT2D eigenvalue weighted by atomic mass is 10.1. The van der Waals surface area contributed by atoms with E-state index in [0.717, 1.165) is 31.8 Å². The van der Waals surface area contributed by atoms with Gasteiger partial charge in [-0.05, 0) is 42.3 Å². The van der Waals surface area contributed by atoms with Crippen LogP contribution in [0.4, 0.5) is 8.78 Å². The Bertz CT molecular complexity index is 938. The molecule has 0 N–H and O–H groups in total. The van der Waals surface area contributed by atoms with E-state index in [1.807, 2.05) is 12.1 Å². The van der Waals surface area contributed by atoms with Crippen LogP contribution in [0.5, 0.6) is 0 Å². The predicted molar refractivity (Wildman–Crippen MR) is 102 cm³/mol. The van der Waals surface area contributed by atoms with E-state index in [4.69, 9.17) is 0 Å². The molecule has 0 spiro atoms. The largest absolute Gasteiger partial charge is 0.341 e. The molecule has 0 bridgehead atoms. The van der Waals surface area contributed by atoms with Crippen LogP contribution in [0.2, 0.25) is 0 Å². The average molecular weight is 408 g/mol. The molecular formula is C20H22F2N2O3S. The number of hydrogen-bond donors (Lipinski definition) is 0. The van der Waals surface area contributed by atoms with E-state index in [1.165, 1.54) is 23.3 Å². The van der Waals surface area contributed by atoms with Crippen LogP contribution in [0.3, 0.4) is 0 Å². The Labute approximate surface area is 163 Å². The number of carbonyl (C=O) groups excluding carboxylic acids is 1. The Kier molecular flexibility index (Phi) is 6.10. The highest BCUT2D eigenvalue weighted by Crippen LogP contribution is 2.20. The van der Waals surface area contributed by atoms with Crippen molar-refractivity contribution in [2.45, 2.75) is 24.1 Å². The van der Waals surface area contributed by atoms with Gasteiger partial charge >= 0.3 is 5.76 Å². The first-order chi connectivity index (χ1) is 13.3. The van der Waals surface area contributed by atoms with Gasteiger partial charge in [-0.25, -0.2) is 8.42 Å². The quantitative estimate of drug-likeness (QED) is 0.763.